The zero-order chi connectivity index (χ0) is 16.0. The summed E-state index contributed by atoms with van der Waals surface area (Å²) in [4.78, 5) is 13.8. The minimum absolute atomic E-state index is 0.0499. The first-order valence-electron chi connectivity index (χ1n) is 6.33. The molecule has 8 heteroatoms. The van der Waals surface area contributed by atoms with E-state index in [1.165, 1.54) is 0 Å². The maximum atomic E-state index is 12.3. The molecule has 0 saturated heterocycles. The lowest BCUT2D eigenvalue weighted by Gasteiger charge is -2.26. The molecule has 1 aromatic rings. The maximum absolute atomic E-state index is 12.3. The summed E-state index contributed by atoms with van der Waals surface area (Å²) < 4.78 is 0. The van der Waals surface area contributed by atoms with E-state index >= 15 is 0 Å². The third-order valence-electron chi connectivity index (χ3n) is 2.74. The Morgan fingerprint density at radius 3 is 2.43 bits per heavy atom. The molecular weight excluding hydrogens is 315 g/mol. The second-order valence-corrected chi connectivity index (χ2v) is 5.59. The molecule has 0 aromatic heterocycles. The number of carbonyl (C=O) groups is 1. The highest BCUT2D eigenvalue weighted by atomic mass is 35.5. The van der Waals surface area contributed by atoms with Crippen LogP contribution in [0.15, 0.2) is 23.4 Å². The van der Waals surface area contributed by atoms with E-state index in [0.717, 1.165) is 0 Å². The predicted molar refractivity (Wildman–Crippen MR) is 85.3 cm³/mol. The van der Waals surface area contributed by atoms with E-state index in [2.05, 4.69) is 10.5 Å². The zero-order valence-electron chi connectivity index (χ0n) is 11.8. The van der Waals surface area contributed by atoms with Crippen molar-refractivity contribution in [2.24, 2.45) is 10.9 Å². The number of nitrogens with one attached hydrogen (secondary N) is 1. The normalized spacial score (nSPS) is 11.6. The monoisotopic (exact) mass is 332 g/mol. The van der Waals surface area contributed by atoms with Crippen LogP contribution in [0.4, 0.5) is 10.5 Å². The Bertz CT molecular complexity index is 515. The number of nitrogens with zero attached hydrogens (tertiary/aromatic N) is 2. The van der Waals surface area contributed by atoms with Crippen LogP contribution in [0.3, 0.4) is 0 Å². The van der Waals surface area contributed by atoms with Crippen LogP contribution in [0.2, 0.25) is 10.0 Å². The molecule has 0 unspecified atom stereocenters. The standard InChI is InChI=1S/C13H18Cl2N4O2/c1-8(2)19(4-3-12(16)18-21)13(20)17-11-6-9(14)5-10(15)7-11/h5-8,21H,3-4H2,1-2H3,(H2,16,18)(H,17,20). The molecule has 0 atom stereocenters. The lowest BCUT2D eigenvalue weighted by atomic mass is 10.3. The van der Waals surface area contributed by atoms with E-state index in [0.29, 0.717) is 22.3 Å². The van der Waals surface area contributed by atoms with Crippen LogP contribution >= 0.6 is 23.2 Å². The summed E-state index contributed by atoms with van der Waals surface area (Å²) in [5.74, 6) is 0.0688. The fraction of sp³-hybridized carbons (Fsp3) is 0.385. The van der Waals surface area contributed by atoms with Crippen LogP contribution < -0.4 is 11.1 Å². The molecule has 21 heavy (non-hydrogen) atoms. The summed E-state index contributed by atoms with van der Waals surface area (Å²) in [6, 6.07) is 4.43. The Morgan fingerprint density at radius 1 is 1.38 bits per heavy atom. The molecule has 0 aliphatic rings. The molecule has 0 radical (unpaired) electrons. The molecule has 1 rings (SSSR count). The topological polar surface area (TPSA) is 90.9 Å². The largest absolute Gasteiger partial charge is 0.409 e. The number of hydrogen-bond donors (Lipinski definition) is 3. The van der Waals surface area contributed by atoms with Crippen molar-refractivity contribution >= 4 is 40.8 Å². The second kappa shape index (κ2) is 7.95. The first kappa shape index (κ1) is 17.4. The van der Waals surface area contributed by atoms with Crippen molar-refractivity contribution in [1.29, 1.82) is 0 Å². The zero-order valence-corrected chi connectivity index (χ0v) is 13.3. The third kappa shape index (κ3) is 5.69. The molecular formula is C13H18Cl2N4O2. The summed E-state index contributed by atoms with van der Waals surface area (Å²) in [6.07, 6.45) is 0.276. The van der Waals surface area contributed by atoms with Crippen molar-refractivity contribution < 1.29 is 10.0 Å². The first-order valence-corrected chi connectivity index (χ1v) is 7.09. The number of urea groups is 1. The van der Waals surface area contributed by atoms with Crippen molar-refractivity contribution in [3.63, 3.8) is 0 Å². The Labute approximate surface area is 133 Å². The first-order chi connectivity index (χ1) is 9.83. The van der Waals surface area contributed by atoms with Gasteiger partial charge in [0.25, 0.3) is 0 Å². The van der Waals surface area contributed by atoms with Gasteiger partial charge in [-0.25, -0.2) is 4.79 Å². The summed E-state index contributed by atoms with van der Waals surface area (Å²) in [5, 5.41) is 15.0. The minimum atomic E-state index is -0.311. The van der Waals surface area contributed by atoms with E-state index in [1.54, 1.807) is 23.1 Å². The van der Waals surface area contributed by atoms with E-state index in [-0.39, 0.29) is 24.3 Å². The quantitative estimate of drug-likeness (QED) is 0.334. The van der Waals surface area contributed by atoms with Gasteiger partial charge in [-0.1, -0.05) is 28.4 Å². The molecule has 0 bridgehead atoms. The van der Waals surface area contributed by atoms with Crippen LogP contribution in [0.1, 0.15) is 20.3 Å². The number of carbonyl (C=O) groups excluding carboxylic acids is 1. The van der Waals surface area contributed by atoms with Gasteiger partial charge < -0.3 is 21.2 Å². The Morgan fingerprint density at radius 2 is 1.95 bits per heavy atom. The highest BCUT2D eigenvalue weighted by Crippen LogP contribution is 2.22. The van der Waals surface area contributed by atoms with Crippen LogP contribution in [-0.4, -0.2) is 34.6 Å². The highest BCUT2D eigenvalue weighted by Gasteiger charge is 2.17. The van der Waals surface area contributed by atoms with E-state index < -0.39 is 0 Å². The number of hydrogen-bond acceptors (Lipinski definition) is 3. The van der Waals surface area contributed by atoms with Gasteiger partial charge in [0, 0.05) is 34.7 Å². The number of amides is 2. The van der Waals surface area contributed by atoms with E-state index in [4.69, 9.17) is 34.1 Å². The number of anilines is 1. The fourth-order valence-electron chi connectivity index (χ4n) is 1.70. The average molecular weight is 333 g/mol. The molecule has 2 amide bonds. The van der Waals surface area contributed by atoms with Crippen LogP contribution in [0, 0.1) is 0 Å². The van der Waals surface area contributed by atoms with Gasteiger partial charge in [0.15, 0.2) is 0 Å². The van der Waals surface area contributed by atoms with Crippen molar-refractivity contribution in [3.05, 3.63) is 28.2 Å². The van der Waals surface area contributed by atoms with Crippen molar-refractivity contribution in [2.75, 3.05) is 11.9 Å². The maximum Gasteiger partial charge on any atom is 0.322 e. The molecule has 0 aliphatic heterocycles. The fourth-order valence-corrected chi connectivity index (χ4v) is 2.23. The number of benzene rings is 1. The van der Waals surface area contributed by atoms with Gasteiger partial charge in [0.05, 0.1) is 0 Å². The van der Waals surface area contributed by atoms with Crippen LogP contribution in [0.5, 0.6) is 0 Å². The number of oxime groups is 1. The number of halogens is 2. The number of rotatable bonds is 5. The van der Waals surface area contributed by atoms with Gasteiger partial charge in [0.2, 0.25) is 0 Å². The molecule has 6 nitrogen and oxygen atoms in total. The lowest BCUT2D eigenvalue weighted by Crippen LogP contribution is -2.41. The van der Waals surface area contributed by atoms with Gasteiger partial charge in [-0.05, 0) is 32.0 Å². The number of amidine groups is 1. The third-order valence-corrected chi connectivity index (χ3v) is 3.17. The smallest absolute Gasteiger partial charge is 0.322 e. The average Bonchev–Trinajstić information content (AvgIpc) is 2.36. The van der Waals surface area contributed by atoms with Gasteiger partial charge in [0.1, 0.15) is 5.84 Å². The highest BCUT2D eigenvalue weighted by molar-refractivity contribution is 6.35. The summed E-state index contributed by atoms with van der Waals surface area (Å²) in [7, 11) is 0. The molecule has 1 aromatic carbocycles. The summed E-state index contributed by atoms with van der Waals surface area (Å²) >= 11 is 11.8. The van der Waals surface area contributed by atoms with Crippen LogP contribution in [-0.2, 0) is 0 Å². The summed E-state index contributed by atoms with van der Waals surface area (Å²) in [5.41, 5.74) is 5.93. The Balaban J connectivity index is 2.77. The number of nitrogens with two attached hydrogens (primary N) is 1. The molecule has 0 aliphatic carbocycles. The molecule has 4 N–H and O–H groups in total. The van der Waals surface area contributed by atoms with Gasteiger partial charge >= 0.3 is 6.03 Å². The Kier molecular flexibility index (Phi) is 6.58. The van der Waals surface area contributed by atoms with Gasteiger partial charge in [-0.15, -0.1) is 0 Å². The van der Waals surface area contributed by atoms with Gasteiger partial charge in [-0.2, -0.15) is 0 Å². The van der Waals surface area contributed by atoms with E-state index in [1.807, 2.05) is 13.8 Å². The van der Waals surface area contributed by atoms with Gasteiger partial charge in [-0.3, -0.25) is 0 Å². The molecule has 116 valence electrons. The predicted octanol–water partition coefficient (Wildman–Crippen LogP) is 3.37. The molecule has 0 spiro atoms. The van der Waals surface area contributed by atoms with E-state index in [9.17, 15) is 4.79 Å². The van der Waals surface area contributed by atoms with Crippen molar-refractivity contribution in [3.8, 4) is 0 Å². The second-order valence-electron chi connectivity index (χ2n) is 4.72. The molecule has 0 saturated carbocycles. The summed E-state index contributed by atoms with van der Waals surface area (Å²) in [6.45, 7) is 4.07. The Hall–Kier alpha value is -1.66. The van der Waals surface area contributed by atoms with Crippen molar-refractivity contribution in [2.45, 2.75) is 26.3 Å². The molecule has 0 heterocycles. The van der Waals surface area contributed by atoms with Crippen molar-refractivity contribution in [1.82, 2.24) is 4.90 Å². The molecule has 0 fully saturated rings. The van der Waals surface area contributed by atoms with Crippen LogP contribution in [0.25, 0.3) is 0 Å². The SMILES string of the molecule is CC(C)N(CC/C(N)=N/O)C(=O)Nc1cc(Cl)cc(Cl)c1. The lowest BCUT2D eigenvalue weighted by molar-refractivity contribution is 0.198. The minimum Gasteiger partial charge on any atom is -0.409 e.